The van der Waals surface area contributed by atoms with Crippen LogP contribution in [0, 0.1) is 0 Å². The zero-order valence-electron chi connectivity index (χ0n) is 17.8. The fourth-order valence-corrected chi connectivity index (χ4v) is 3.90. The van der Waals surface area contributed by atoms with Crippen molar-refractivity contribution in [1.29, 1.82) is 0 Å². The van der Waals surface area contributed by atoms with Gasteiger partial charge in [0.15, 0.2) is 0 Å². The Balaban J connectivity index is 1.75. The van der Waals surface area contributed by atoms with Crippen LogP contribution in [0.5, 0.6) is 5.75 Å². The molecule has 30 heavy (non-hydrogen) atoms. The Hall–Kier alpha value is -2.86. The van der Waals surface area contributed by atoms with Gasteiger partial charge in [-0.15, -0.1) is 0 Å². The topological polar surface area (TPSA) is 67.9 Å². The van der Waals surface area contributed by atoms with Crippen LogP contribution in [0.15, 0.2) is 42.5 Å². The molecule has 1 aliphatic rings. The van der Waals surface area contributed by atoms with E-state index in [1.165, 1.54) is 7.11 Å². The van der Waals surface area contributed by atoms with Gasteiger partial charge in [0.05, 0.1) is 20.6 Å². The molecule has 0 aliphatic carbocycles. The first-order valence-electron chi connectivity index (χ1n) is 10.4. The van der Waals surface area contributed by atoms with Crippen molar-refractivity contribution in [3.8, 4) is 16.9 Å². The second-order valence-corrected chi connectivity index (χ2v) is 7.41. The number of ether oxygens (including phenoxy) is 2. The van der Waals surface area contributed by atoms with Crippen molar-refractivity contribution < 1.29 is 19.1 Å². The Morgan fingerprint density at radius 3 is 2.63 bits per heavy atom. The molecule has 0 saturated carbocycles. The highest BCUT2D eigenvalue weighted by atomic mass is 16.5. The van der Waals surface area contributed by atoms with Gasteiger partial charge in [-0.3, -0.25) is 9.59 Å². The number of hydrogen-bond acceptors (Lipinski definition) is 5. The number of carbonyl (C=O) groups is 2. The van der Waals surface area contributed by atoms with Crippen LogP contribution in [0.3, 0.4) is 0 Å². The Labute approximate surface area is 178 Å². The van der Waals surface area contributed by atoms with Crippen LogP contribution < -0.4 is 10.1 Å². The van der Waals surface area contributed by atoms with Crippen LogP contribution in [-0.2, 0) is 27.3 Å². The third-order valence-corrected chi connectivity index (χ3v) is 5.49. The first kappa shape index (κ1) is 21.8. The van der Waals surface area contributed by atoms with E-state index in [0.717, 1.165) is 60.5 Å². The van der Waals surface area contributed by atoms with Gasteiger partial charge < -0.3 is 19.7 Å². The summed E-state index contributed by atoms with van der Waals surface area (Å²) in [6.45, 7) is 3.07. The number of esters is 1. The highest BCUT2D eigenvalue weighted by Gasteiger charge is 2.19. The number of nitrogens with zero attached hydrogens (tertiary/aromatic N) is 1. The molecule has 0 bridgehead atoms. The zero-order chi connectivity index (χ0) is 21.3. The maximum Gasteiger partial charge on any atom is 0.309 e. The standard InChI is InChI=1S/C24H30N2O4/c1-29-22-11-4-3-9-20(22)19-10-5-8-18(16-24(28)30-2)21(19)17-25-13-7-15-26-14-6-12-23(26)27/h3-5,8-11,25H,6-7,12-17H2,1-2H3. The quantitative estimate of drug-likeness (QED) is 0.481. The minimum absolute atomic E-state index is 0.221. The van der Waals surface area contributed by atoms with Gasteiger partial charge in [-0.1, -0.05) is 36.4 Å². The Bertz CT molecular complexity index is 881. The van der Waals surface area contributed by atoms with Crippen LogP contribution in [0.25, 0.3) is 11.1 Å². The molecule has 0 unspecified atom stereocenters. The number of methoxy groups -OCH3 is 2. The molecule has 6 nitrogen and oxygen atoms in total. The first-order valence-corrected chi connectivity index (χ1v) is 10.4. The normalized spacial score (nSPS) is 13.5. The van der Waals surface area contributed by atoms with Crippen LogP contribution in [0.4, 0.5) is 0 Å². The van der Waals surface area contributed by atoms with Gasteiger partial charge in [0, 0.05) is 31.6 Å². The number of amides is 1. The molecule has 0 radical (unpaired) electrons. The minimum Gasteiger partial charge on any atom is -0.496 e. The summed E-state index contributed by atoms with van der Waals surface area (Å²) in [7, 11) is 3.07. The van der Waals surface area contributed by atoms with Gasteiger partial charge in [-0.05, 0) is 42.1 Å². The number of carbonyl (C=O) groups excluding carboxylic acids is 2. The monoisotopic (exact) mass is 410 g/mol. The summed E-state index contributed by atoms with van der Waals surface area (Å²) >= 11 is 0. The fourth-order valence-electron chi connectivity index (χ4n) is 3.90. The van der Waals surface area contributed by atoms with Crippen LogP contribution in [0.2, 0.25) is 0 Å². The molecule has 1 heterocycles. The van der Waals surface area contributed by atoms with E-state index in [4.69, 9.17) is 9.47 Å². The van der Waals surface area contributed by atoms with Crippen molar-refractivity contribution in [2.75, 3.05) is 33.9 Å². The maximum absolute atomic E-state index is 12.0. The molecule has 0 aromatic heterocycles. The van der Waals surface area contributed by atoms with E-state index in [2.05, 4.69) is 11.4 Å². The molecule has 1 saturated heterocycles. The van der Waals surface area contributed by atoms with Crippen molar-refractivity contribution >= 4 is 11.9 Å². The van der Waals surface area contributed by atoms with E-state index in [1.54, 1.807) is 7.11 Å². The third kappa shape index (κ3) is 5.39. The van der Waals surface area contributed by atoms with E-state index < -0.39 is 0 Å². The average Bonchev–Trinajstić information content (AvgIpc) is 3.18. The molecule has 0 atom stereocenters. The zero-order valence-corrected chi connectivity index (χ0v) is 17.8. The van der Waals surface area contributed by atoms with E-state index in [1.807, 2.05) is 41.3 Å². The first-order chi connectivity index (χ1) is 14.6. The van der Waals surface area contributed by atoms with Crippen LogP contribution in [0.1, 0.15) is 30.4 Å². The number of para-hydroxylation sites is 1. The Morgan fingerprint density at radius 2 is 1.90 bits per heavy atom. The van der Waals surface area contributed by atoms with E-state index >= 15 is 0 Å². The summed E-state index contributed by atoms with van der Waals surface area (Å²) in [6.07, 6.45) is 2.76. The molecule has 2 aromatic carbocycles. The lowest BCUT2D eigenvalue weighted by Gasteiger charge is -2.18. The van der Waals surface area contributed by atoms with Gasteiger partial charge in [0.25, 0.3) is 0 Å². The van der Waals surface area contributed by atoms with Gasteiger partial charge in [0.2, 0.25) is 5.91 Å². The summed E-state index contributed by atoms with van der Waals surface area (Å²) in [5.74, 6) is 0.791. The number of hydrogen-bond donors (Lipinski definition) is 1. The average molecular weight is 411 g/mol. The van der Waals surface area contributed by atoms with Crippen molar-refractivity contribution in [3.05, 3.63) is 53.6 Å². The van der Waals surface area contributed by atoms with Crippen molar-refractivity contribution in [2.45, 2.75) is 32.2 Å². The molecule has 2 aromatic rings. The summed E-state index contributed by atoms with van der Waals surface area (Å²) in [6, 6.07) is 13.9. The lowest BCUT2D eigenvalue weighted by Crippen LogP contribution is -2.28. The summed E-state index contributed by atoms with van der Waals surface area (Å²) in [4.78, 5) is 25.6. The molecule has 1 aliphatic heterocycles. The molecule has 0 spiro atoms. The SMILES string of the molecule is COC(=O)Cc1cccc(-c2ccccc2OC)c1CNCCCN1CCCC1=O. The molecular formula is C24H30N2O4. The van der Waals surface area contributed by atoms with Crippen molar-refractivity contribution in [1.82, 2.24) is 10.2 Å². The molecule has 3 rings (SSSR count). The largest absolute Gasteiger partial charge is 0.496 e. The number of likely N-dealkylation sites (tertiary alicyclic amines) is 1. The third-order valence-electron chi connectivity index (χ3n) is 5.49. The Morgan fingerprint density at radius 1 is 1.10 bits per heavy atom. The van der Waals surface area contributed by atoms with E-state index in [9.17, 15) is 9.59 Å². The second kappa shape index (κ2) is 10.8. The Kier molecular flexibility index (Phi) is 7.85. The van der Waals surface area contributed by atoms with Crippen LogP contribution >= 0.6 is 0 Å². The predicted octanol–water partition coefficient (Wildman–Crippen LogP) is 3.18. The fraction of sp³-hybridized carbons (Fsp3) is 0.417. The molecule has 1 N–H and O–H groups in total. The smallest absolute Gasteiger partial charge is 0.309 e. The van der Waals surface area contributed by atoms with Gasteiger partial charge in [-0.2, -0.15) is 0 Å². The van der Waals surface area contributed by atoms with E-state index in [-0.39, 0.29) is 18.3 Å². The summed E-state index contributed by atoms with van der Waals surface area (Å²) in [5, 5.41) is 3.49. The van der Waals surface area contributed by atoms with Gasteiger partial charge in [-0.25, -0.2) is 0 Å². The number of nitrogens with one attached hydrogen (secondary N) is 1. The molecule has 1 amide bonds. The molecular weight excluding hydrogens is 380 g/mol. The second-order valence-electron chi connectivity index (χ2n) is 7.41. The van der Waals surface area contributed by atoms with Gasteiger partial charge >= 0.3 is 5.97 Å². The van der Waals surface area contributed by atoms with Crippen LogP contribution in [-0.4, -0.2) is 50.6 Å². The van der Waals surface area contributed by atoms with E-state index in [0.29, 0.717) is 13.0 Å². The van der Waals surface area contributed by atoms with Crippen molar-refractivity contribution in [3.63, 3.8) is 0 Å². The predicted molar refractivity (Wildman–Crippen MR) is 116 cm³/mol. The van der Waals surface area contributed by atoms with Crippen molar-refractivity contribution in [2.24, 2.45) is 0 Å². The summed E-state index contributed by atoms with van der Waals surface area (Å²) in [5.41, 5.74) is 4.03. The number of rotatable bonds is 10. The van der Waals surface area contributed by atoms with Gasteiger partial charge in [0.1, 0.15) is 5.75 Å². The number of benzene rings is 2. The minimum atomic E-state index is -0.263. The molecule has 160 valence electrons. The summed E-state index contributed by atoms with van der Waals surface area (Å²) < 4.78 is 10.4. The lowest BCUT2D eigenvalue weighted by molar-refractivity contribution is -0.139. The maximum atomic E-state index is 12.0. The highest BCUT2D eigenvalue weighted by Crippen LogP contribution is 2.33. The lowest BCUT2D eigenvalue weighted by atomic mass is 9.93. The highest BCUT2D eigenvalue weighted by molar-refractivity contribution is 5.78. The molecule has 1 fully saturated rings. The molecule has 6 heteroatoms.